The van der Waals surface area contributed by atoms with Crippen molar-refractivity contribution in [1.82, 2.24) is 15.3 Å². The summed E-state index contributed by atoms with van der Waals surface area (Å²) >= 11 is 3.26. The predicted octanol–water partition coefficient (Wildman–Crippen LogP) is 3.86. The van der Waals surface area contributed by atoms with Crippen LogP contribution in [0.4, 0.5) is 0 Å². The summed E-state index contributed by atoms with van der Waals surface area (Å²) in [5.41, 5.74) is 3.24. The van der Waals surface area contributed by atoms with E-state index in [9.17, 15) is 4.79 Å². The molecule has 0 aliphatic carbocycles. The molecule has 4 nitrogen and oxygen atoms in total. The fourth-order valence-electron chi connectivity index (χ4n) is 2.15. The molecule has 23 heavy (non-hydrogen) atoms. The zero-order valence-corrected chi connectivity index (χ0v) is 14.2. The van der Waals surface area contributed by atoms with Crippen LogP contribution in [0.3, 0.4) is 0 Å². The number of rotatable bonds is 5. The van der Waals surface area contributed by atoms with Gasteiger partial charge in [-0.1, -0.05) is 0 Å². The fourth-order valence-corrected chi connectivity index (χ4v) is 3.19. The van der Waals surface area contributed by atoms with Gasteiger partial charge in [-0.15, -0.1) is 11.8 Å². The Labute approximate surface area is 143 Å². The summed E-state index contributed by atoms with van der Waals surface area (Å²) in [5, 5.41) is 6.93. The van der Waals surface area contributed by atoms with Crippen LogP contribution in [0.15, 0.2) is 58.4 Å². The third-order valence-corrected chi connectivity index (χ3v) is 4.76. The summed E-state index contributed by atoms with van der Waals surface area (Å²) in [5.74, 6) is -0.112. The molecule has 3 rings (SSSR count). The van der Waals surface area contributed by atoms with E-state index in [0.717, 1.165) is 21.8 Å². The average Bonchev–Trinajstić information content (AvgIpc) is 3.14. The molecule has 0 fully saturated rings. The van der Waals surface area contributed by atoms with Gasteiger partial charge >= 0.3 is 0 Å². The number of carbonyl (C=O) groups excluding carboxylic acids is 1. The van der Waals surface area contributed by atoms with Crippen molar-refractivity contribution in [2.24, 2.45) is 0 Å². The van der Waals surface area contributed by atoms with Crippen LogP contribution >= 0.6 is 23.1 Å². The highest BCUT2D eigenvalue weighted by Crippen LogP contribution is 2.22. The summed E-state index contributed by atoms with van der Waals surface area (Å²) in [7, 11) is 0. The Hall–Kier alpha value is -2.18. The molecular weight excluding hydrogens is 326 g/mol. The Bertz CT molecular complexity index is 786. The van der Waals surface area contributed by atoms with Gasteiger partial charge in [0.1, 0.15) is 0 Å². The largest absolute Gasteiger partial charge is 0.346 e. The third kappa shape index (κ3) is 3.78. The van der Waals surface area contributed by atoms with E-state index < -0.39 is 0 Å². The number of thiophene rings is 1. The molecule has 2 heterocycles. The Kier molecular flexibility index (Phi) is 5.05. The average molecular weight is 341 g/mol. The predicted molar refractivity (Wildman–Crippen MR) is 94.7 cm³/mol. The molecule has 0 atom stereocenters. The maximum atomic E-state index is 12.3. The number of hydrogen-bond donors (Lipinski definition) is 1. The first-order valence-electron chi connectivity index (χ1n) is 7.02. The molecule has 116 valence electrons. The summed E-state index contributed by atoms with van der Waals surface area (Å²) in [6.45, 7) is 0.349. The number of carbonyl (C=O) groups is 1. The van der Waals surface area contributed by atoms with Crippen molar-refractivity contribution in [2.45, 2.75) is 11.4 Å². The minimum Gasteiger partial charge on any atom is -0.346 e. The second-order valence-electron chi connectivity index (χ2n) is 4.77. The van der Waals surface area contributed by atoms with E-state index in [-0.39, 0.29) is 5.91 Å². The summed E-state index contributed by atoms with van der Waals surface area (Å²) in [6, 6.07) is 9.55. The second kappa shape index (κ2) is 7.39. The molecule has 2 aromatic heterocycles. The smallest absolute Gasteiger partial charge is 0.251 e. The molecule has 0 aliphatic rings. The van der Waals surface area contributed by atoms with Gasteiger partial charge in [-0.2, -0.15) is 11.3 Å². The zero-order valence-electron chi connectivity index (χ0n) is 12.5. The molecule has 0 radical (unpaired) electrons. The molecular formula is C17H15N3OS2. The molecule has 1 N–H and O–H groups in total. The van der Waals surface area contributed by atoms with Gasteiger partial charge in [0.05, 0.1) is 17.9 Å². The topological polar surface area (TPSA) is 54.9 Å². The number of hydrogen-bond acceptors (Lipinski definition) is 5. The van der Waals surface area contributed by atoms with Gasteiger partial charge in [0, 0.05) is 33.8 Å². The number of aromatic nitrogens is 2. The van der Waals surface area contributed by atoms with Crippen LogP contribution in [0.25, 0.3) is 11.3 Å². The van der Waals surface area contributed by atoms with Crippen molar-refractivity contribution in [3.8, 4) is 11.3 Å². The van der Waals surface area contributed by atoms with E-state index >= 15 is 0 Å². The Morgan fingerprint density at radius 1 is 1.17 bits per heavy atom. The van der Waals surface area contributed by atoms with Crippen molar-refractivity contribution in [3.63, 3.8) is 0 Å². The molecule has 1 amide bonds. The first-order valence-corrected chi connectivity index (χ1v) is 9.19. The highest BCUT2D eigenvalue weighted by molar-refractivity contribution is 7.98. The van der Waals surface area contributed by atoms with Crippen LogP contribution < -0.4 is 5.32 Å². The summed E-state index contributed by atoms with van der Waals surface area (Å²) < 4.78 is 0. The number of benzene rings is 1. The Balaban J connectivity index is 1.72. The molecule has 0 saturated carbocycles. The minimum absolute atomic E-state index is 0.112. The molecule has 0 aliphatic heterocycles. The quantitative estimate of drug-likeness (QED) is 0.716. The van der Waals surface area contributed by atoms with E-state index in [2.05, 4.69) is 15.3 Å². The van der Waals surface area contributed by atoms with Crippen LogP contribution in [0.2, 0.25) is 0 Å². The van der Waals surface area contributed by atoms with Gasteiger partial charge in [0.2, 0.25) is 0 Å². The van der Waals surface area contributed by atoms with Crippen LogP contribution in [-0.2, 0) is 6.54 Å². The lowest BCUT2D eigenvalue weighted by molar-refractivity contribution is 0.0950. The molecule has 0 unspecified atom stereocenters. The third-order valence-electron chi connectivity index (χ3n) is 3.34. The summed E-state index contributed by atoms with van der Waals surface area (Å²) in [4.78, 5) is 22.1. The first kappa shape index (κ1) is 15.7. The number of nitrogens with zero attached hydrogens (tertiary/aromatic N) is 2. The molecule has 0 bridgehead atoms. The van der Waals surface area contributed by atoms with Crippen molar-refractivity contribution in [3.05, 3.63) is 64.7 Å². The van der Waals surface area contributed by atoms with Gasteiger partial charge in [-0.05, 0) is 42.0 Å². The van der Waals surface area contributed by atoms with E-state index in [1.165, 1.54) is 0 Å². The molecule has 6 heteroatoms. The molecule has 3 aromatic rings. The van der Waals surface area contributed by atoms with E-state index in [0.29, 0.717) is 12.1 Å². The standard InChI is InChI=1S/C17H15N3OS2/c1-22-14-4-2-12(3-5-14)17(21)20-10-15-16(19-8-7-18-15)13-6-9-23-11-13/h2-9,11H,10H2,1H3,(H,20,21). The normalized spacial score (nSPS) is 10.5. The maximum Gasteiger partial charge on any atom is 0.251 e. The van der Waals surface area contributed by atoms with Crippen LogP contribution in [0, 0.1) is 0 Å². The maximum absolute atomic E-state index is 12.3. The number of thioether (sulfide) groups is 1. The van der Waals surface area contributed by atoms with Crippen molar-refractivity contribution < 1.29 is 4.79 Å². The zero-order chi connectivity index (χ0) is 16.1. The van der Waals surface area contributed by atoms with Crippen molar-refractivity contribution >= 4 is 29.0 Å². The van der Waals surface area contributed by atoms with Gasteiger partial charge in [-0.3, -0.25) is 14.8 Å². The van der Waals surface area contributed by atoms with Crippen LogP contribution in [-0.4, -0.2) is 22.1 Å². The van der Waals surface area contributed by atoms with Crippen LogP contribution in [0.5, 0.6) is 0 Å². The molecule has 0 spiro atoms. The van der Waals surface area contributed by atoms with Crippen LogP contribution in [0.1, 0.15) is 16.1 Å². The number of amides is 1. The molecule has 0 saturated heterocycles. The Morgan fingerprint density at radius 2 is 1.96 bits per heavy atom. The lowest BCUT2D eigenvalue weighted by atomic mass is 10.1. The van der Waals surface area contributed by atoms with Crippen molar-refractivity contribution in [2.75, 3.05) is 6.26 Å². The van der Waals surface area contributed by atoms with E-state index in [1.54, 1.807) is 35.5 Å². The Morgan fingerprint density at radius 3 is 2.65 bits per heavy atom. The highest BCUT2D eigenvalue weighted by atomic mass is 32.2. The van der Waals surface area contributed by atoms with Gasteiger partial charge in [-0.25, -0.2) is 0 Å². The second-order valence-corrected chi connectivity index (χ2v) is 6.43. The summed E-state index contributed by atoms with van der Waals surface area (Å²) in [6.07, 6.45) is 5.32. The van der Waals surface area contributed by atoms with Gasteiger partial charge in [0.25, 0.3) is 5.91 Å². The fraction of sp³-hybridized carbons (Fsp3) is 0.118. The highest BCUT2D eigenvalue weighted by Gasteiger charge is 2.11. The van der Waals surface area contributed by atoms with Gasteiger partial charge < -0.3 is 5.32 Å². The van der Waals surface area contributed by atoms with Crippen molar-refractivity contribution in [1.29, 1.82) is 0 Å². The van der Waals surface area contributed by atoms with Gasteiger partial charge in [0.15, 0.2) is 0 Å². The van der Waals surface area contributed by atoms with E-state index in [4.69, 9.17) is 0 Å². The minimum atomic E-state index is -0.112. The molecule has 1 aromatic carbocycles. The lowest BCUT2D eigenvalue weighted by Crippen LogP contribution is -2.23. The SMILES string of the molecule is CSc1ccc(C(=O)NCc2nccnc2-c2ccsc2)cc1. The van der Waals surface area contributed by atoms with E-state index in [1.807, 2.05) is 47.3 Å². The lowest BCUT2D eigenvalue weighted by Gasteiger charge is -2.08. The number of nitrogens with one attached hydrogen (secondary N) is 1. The first-order chi connectivity index (χ1) is 11.3. The monoisotopic (exact) mass is 341 g/mol.